The zero-order chi connectivity index (χ0) is 20.9. The molecule has 0 aliphatic heterocycles. The first-order valence-corrected chi connectivity index (χ1v) is 10.7. The van der Waals surface area contributed by atoms with Crippen LogP contribution in [0.1, 0.15) is 21.8 Å². The van der Waals surface area contributed by atoms with Crippen molar-refractivity contribution in [2.24, 2.45) is 0 Å². The van der Waals surface area contributed by atoms with E-state index in [1.807, 2.05) is 30.3 Å². The summed E-state index contributed by atoms with van der Waals surface area (Å²) in [6, 6.07) is 16.5. The molecule has 0 saturated carbocycles. The first kappa shape index (κ1) is 20.5. The van der Waals surface area contributed by atoms with E-state index in [4.69, 9.17) is 32.4 Å². The Morgan fingerprint density at radius 3 is 2.80 bits per heavy atom. The van der Waals surface area contributed by atoms with Crippen molar-refractivity contribution in [1.82, 2.24) is 10.3 Å². The number of furan rings is 1. The van der Waals surface area contributed by atoms with Crippen molar-refractivity contribution in [3.8, 4) is 16.3 Å². The molecule has 1 amide bonds. The van der Waals surface area contributed by atoms with Gasteiger partial charge in [-0.05, 0) is 42.0 Å². The number of halogens is 2. The Morgan fingerprint density at radius 1 is 1.10 bits per heavy atom. The first-order valence-electron chi connectivity index (χ1n) is 9.02. The smallest absolute Gasteiger partial charge is 0.271 e. The maximum atomic E-state index is 12.3. The number of nitrogens with one attached hydrogen (secondary N) is 1. The van der Waals surface area contributed by atoms with Gasteiger partial charge in [-0.15, -0.1) is 11.3 Å². The monoisotopic (exact) mass is 458 g/mol. The third-order valence-corrected chi connectivity index (χ3v) is 5.84. The van der Waals surface area contributed by atoms with Crippen LogP contribution in [0.2, 0.25) is 10.0 Å². The fourth-order valence-electron chi connectivity index (χ4n) is 2.70. The van der Waals surface area contributed by atoms with Crippen molar-refractivity contribution >= 4 is 40.4 Å². The van der Waals surface area contributed by atoms with E-state index in [2.05, 4.69) is 10.3 Å². The highest BCUT2D eigenvalue weighted by molar-refractivity contribution is 7.13. The van der Waals surface area contributed by atoms with Gasteiger partial charge in [0.15, 0.2) is 0 Å². The van der Waals surface area contributed by atoms with Crippen LogP contribution >= 0.6 is 34.5 Å². The second-order valence-electron chi connectivity index (χ2n) is 6.36. The average molecular weight is 459 g/mol. The second kappa shape index (κ2) is 9.34. The summed E-state index contributed by atoms with van der Waals surface area (Å²) in [7, 11) is 0. The summed E-state index contributed by atoms with van der Waals surface area (Å²) in [5.41, 5.74) is 2.15. The van der Waals surface area contributed by atoms with E-state index in [0.29, 0.717) is 40.4 Å². The molecule has 0 fully saturated rings. The third kappa shape index (κ3) is 5.02. The molecule has 0 aliphatic carbocycles. The number of ether oxygens (including phenoxy) is 1. The summed E-state index contributed by atoms with van der Waals surface area (Å²) in [6.45, 7) is 0.676. The van der Waals surface area contributed by atoms with Gasteiger partial charge < -0.3 is 14.5 Å². The van der Waals surface area contributed by atoms with Crippen LogP contribution in [-0.4, -0.2) is 10.9 Å². The van der Waals surface area contributed by atoms with E-state index in [-0.39, 0.29) is 5.91 Å². The number of benzene rings is 2. The number of carbonyl (C=O) groups excluding carboxylic acids is 1. The highest BCUT2D eigenvalue weighted by Gasteiger charge is 2.13. The molecule has 0 saturated heterocycles. The summed E-state index contributed by atoms with van der Waals surface area (Å²) in [5, 5.41) is 6.26. The maximum Gasteiger partial charge on any atom is 0.271 e. The standard InChI is InChI=1S/C22H16Cl2N2O3S/c23-18-7-6-14(9-19(18)24)12-29-16-4-1-3-15(10-16)22-26-20(13-30-22)21(27)25-11-17-5-2-8-28-17/h1-10,13H,11-12H2,(H,25,27). The minimum atomic E-state index is -0.249. The van der Waals surface area contributed by atoms with Gasteiger partial charge in [0.05, 0.1) is 22.9 Å². The molecule has 152 valence electrons. The van der Waals surface area contributed by atoms with Crippen LogP contribution in [0, 0.1) is 0 Å². The van der Waals surface area contributed by atoms with Crippen molar-refractivity contribution < 1.29 is 13.9 Å². The molecule has 2 aromatic heterocycles. The van der Waals surface area contributed by atoms with E-state index in [9.17, 15) is 4.79 Å². The van der Waals surface area contributed by atoms with E-state index in [1.54, 1.807) is 35.9 Å². The van der Waals surface area contributed by atoms with E-state index in [1.165, 1.54) is 11.3 Å². The van der Waals surface area contributed by atoms with Gasteiger partial charge in [-0.2, -0.15) is 0 Å². The lowest BCUT2D eigenvalue weighted by Crippen LogP contribution is -2.22. The molecular formula is C22H16Cl2N2O3S. The van der Waals surface area contributed by atoms with Crippen LogP contribution in [0.3, 0.4) is 0 Å². The summed E-state index contributed by atoms with van der Waals surface area (Å²) < 4.78 is 11.1. The van der Waals surface area contributed by atoms with Gasteiger partial charge in [0.25, 0.3) is 5.91 Å². The highest BCUT2D eigenvalue weighted by atomic mass is 35.5. The highest BCUT2D eigenvalue weighted by Crippen LogP contribution is 2.28. The molecule has 0 atom stereocenters. The molecule has 2 heterocycles. The van der Waals surface area contributed by atoms with Gasteiger partial charge in [-0.1, -0.05) is 41.4 Å². The number of hydrogen-bond acceptors (Lipinski definition) is 5. The van der Waals surface area contributed by atoms with E-state index < -0.39 is 0 Å². The number of hydrogen-bond donors (Lipinski definition) is 1. The lowest BCUT2D eigenvalue weighted by molar-refractivity contribution is 0.0944. The molecule has 2 aromatic carbocycles. The Hall–Kier alpha value is -2.80. The first-order chi connectivity index (χ1) is 14.6. The number of rotatable bonds is 7. The van der Waals surface area contributed by atoms with E-state index in [0.717, 1.165) is 16.1 Å². The van der Waals surface area contributed by atoms with Crippen molar-refractivity contribution in [3.05, 3.63) is 93.3 Å². The van der Waals surface area contributed by atoms with Crippen LogP contribution in [0.15, 0.2) is 70.7 Å². The van der Waals surface area contributed by atoms with Crippen LogP contribution in [-0.2, 0) is 13.2 Å². The molecule has 30 heavy (non-hydrogen) atoms. The fourth-order valence-corrected chi connectivity index (χ4v) is 3.81. The number of aromatic nitrogens is 1. The Kier molecular flexibility index (Phi) is 6.38. The topological polar surface area (TPSA) is 64.4 Å². The molecule has 4 aromatic rings. The van der Waals surface area contributed by atoms with Crippen LogP contribution in [0.5, 0.6) is 5.75 Å². The molecule has 0 radical (unpaired) electrons. The molecule has 8 heteroatoms. The fraction of sp³-hybridized carbons (Fsp3) is 0.0909. The molecule has 1 N–H and O–H groups in total. The lowest BCUT2D eigenvalue weighted by atomic mass is 10.2. The number of amides is 1. The van der Waals surface area contributed by atoms with E-state index >= 15 is 0 Å². The van der Waals surface area contributed by atoms with Gasteiger partial charge in [0.1, 0.15) is 28.8 Å². The van der Waals surface area contributed by atoms with Crippen molar-refractivity contribution in [3.63, 3.8) is 0 Å². The number of nitrogens with zero attached hydrogens (tertiary/aromatic N) is 1. The second-order valence-corrected chi connectivity index (χ2v) is 8.04. The zero-order valence-corrected chi connectivity index (χ0v) is 17.9. The summed E-state index contributed by atoms with van der Waals surface area (Å²) in [5.74, 6) is 1.13. The minimum Gasteiger partial charge on any atom is -0.489 e. The average Bonchev–Trinajstić information content (AvgIpc) is 3.45. The molecular weight excluding hydrogens is 443 g/mol. The quantitative estimate of drug-likeness (QED) is 0.357. The largest absolute Gasteiger partial charge is 0.489 e. The Bertz CT molecular complexity index is 1160. The van der Waals surface area contributed by atoms with Gasteiger partial charge in [0.2, 0.25) is 0 Å². The molecule has 4 rings (SSSR count). The molecule has 5 nitrogen and oxygen atoms in total. The van der Waals surface area contributed by atoms with Crippen molar-refractivity contribution in [2.45, 2.75) is 13.2 Å². The minimum absolute atomic E-state index is 0.249. The van der Waals surface area contributed by atoms with Crippen LogP contribution in [0.4, 0.5) is 0 Å². The Morgan fingerprint density at radius 2 is 2.00 bits per heavy atom. The van der Waals surface area contributed by atoms with Crippen molar-refractivity contribution in [1.29, 1.82) is 0 Å². The van der Waals surface area contributed by atoms with Gasteiger partial charge in [-0.25, -0.2) is 4.98 Å². The van der Waals surface area contributed by atoms with Crippen LogP contribution < -0.4 is 10.1 Å². The van der Waals surface area contributed by atoms with Crippen LogP contribution in [0.25, 0.3) is 10.6 Å². The van der Waals surface area contributed by atoms with Gasteiger partial charge in [-0.3, -0.25) is 4.79 Å². The number of carbonyl (C=O) groups is 1. The van der Waals surface area contributed by atoms with Crippen molar-refractivity contribution in [2.75, 3.05) is 0 Å². The normalized spacial score (nSPS) is 10.7. The SMILES string of the molecule is O=C(NCc1ccco1)c1csc(-c2cccc(OCc3ccc(Cl)c(Cl)c3)c2)n1. The predicted octanol–water partition coefficient (Wildman–Crippen LogP) is 6.22. The molecule has 0 spiro atoms. The summed E-state index contributed by atoms with van der Waals surface area (Å²) in [4.78, 5) is 16.8. The molecule has 0 aliphatic rings. The predicted molar refractivity (Wildman–Crippen MR) is 118 cm³/mol. The summed E-state index contributed by atoms with van der Waals surface area (Å²) >= 11 is 13.4. The third-order valence-electron chi connectivity index (χ3n) is 4.21. The summed E-state index contributed by atoms with van der Waals surface area (Å²) in [6.07, 6.45) is 1.57. The van der Waals surface area contributed by atoms with Gasteiger partial charge in [0, 0.05) is 10.9 Å². The Labute approximate surface area is 187 Å². The lowest BCUT2D eigenvalue weighted by Gasteiger charge is -2.08. The maximum absolute atomic E-state index is 12.3. The van der Waals surface area contributed by atoms with Gasteiger partial charge >= 0.3 is 0 Å². The zero-order valence-electron chi connectivity index (χ0n) is 15.6. The Balaban J connectivity index is 1.41. The molecule has 0 bridgehead atoms. The number of thiazole rings is 1. The molecule has 0 unspecified atom stereocenters.